The van der Waals surface area contributed by atoms with Crippen molar-refractivity contribution >= 4 is 16.9 Å². The number of methoxy groups -OCH3 is 2. The van der Waals surface area contributed by atoms with E-state index in [1.165, 1.54) is 14.2 Å². The first-order chi connectivity index (χ1) is 11.2. The molecule has 0 spiro atoms. The molecule has 1 aliphatic rings. The van der Waals surface area contributed by atoms with Crippen molar-refractivity contribution in [2.24, 2.45) is 0 Å². The van der Waals surface area contributed by atoms with Crippen LogP contribution in [0.15, 0.2) is 21.3 Å². The van der Waals surface area contributed by atoms with Gasteiger partial charge in [-0.1, -0.05) is 0 Å². The van der Waals surface area contributed by atoms with Crippen LogP contribution >= 0.6 is 0 Å². The average molecular weight is 318 g/mol. The Bertz CT molecular complexity index is 805. The molecule has 6 nitrogen and oxygen atoms in total. The predicted octanol–water partition coefficient (Wildman–Crippen LogP) is 2.23. The lowest BCUT2D eigenvalue weighted by atomic mass is 9.90. The monoisotopic (exact) mass is 318 g/mol. The first-order valence-electron chi connectivity index (χ1n) is 7.51. The molecule has 23 heavy (non-hydrogen) atoms. The molecule has 3 rings (SSSR count). The molecule has 1 aromatic heterocycles. The van der Waals surface area contributed by atoms with E-state index < -0.39 is 5.97 Å². The molecule has 0 unspecified atom stereocenters. The maximum atomic E-state index is 12.3. The van der Waals surface area contributed by atoms with Crippen LogP contribution in [0.2, 0.25) is 0 Å². The van der Waals surface area contributed by atoms with Gasteiger partial charge in [-0.25, -0.2) is 9.59 Å². The third kappa shape index (κ3) is 2.76. The summed E-state index contributed by atoms with van der Waals surface area (Å²) >= 11 is 0. The third-order valence-corrected chi connectivity index (χ3v) is 4.09. The fraction of sp³-hybridized carbons (Fsp3) is 0.412. The van der Waals surface area contributed by atoms with Crippen LogP contribution in [0.1, 0.15) is 24.0 Å². The van der Waals surface area contributed by atoms with Crippen molar-refractivity contribution in [1.29, 1.82) is 0 Å². The van der Waals surface area contributed by atoms with E-state index in [0.717, 1.165) is 42.2 Å². The number of benzene rings is 1. The van der Waals surface area contributed by atoms with Crippen LogP contribution in [0.5, 0.6) is 11.5 Å². The molecule has 1 aliphatic carbocycles. The molecule has 0 N–H and O–H groups in total. The topological polar surface area (TPSA) is 75.0 Å². The molecule has 0 saturated heterocycles. The number of esters is 1. The van der Waals surface area contributed by atoms with Gasteiger partial charge in [-0.3, -0.25) is 0 Å². The smallest absolute Gasteiger partial charge is 0.343 e. The SMILES string of the molecule is COC(=O)COc1c(OC)ccc2c3c(c(=O)oc12)CCCC3. The first-order valence-corrected chi connectivity index (χ1v) is 7.51. The lowest BCUT2D eigenvalue weighted by molar-refractivity contribution is -0.142. The van der Waals surface area contributed by atoms with Crippen LogP contribution in [-0.4, -0.2) is 26.8 Å². The van der Waals surface area contributed by atoms with Gasteiger partial charge in [-0.05, 0) is 43.4 Å². The van der Waals surface area contributed by atoms with Crippen LogP contribution < -0.4 is 15.1 Å². The van der Waals surface area contributed by atoms with Crippen molar-refractivity contribution in [2.75, 3.05) is 20.8 Å². The van der Waals surface area contributed by atoms with E-state index in [2.05, 4.69) is 4.74 Å². The Hall–Kier alpha value is -2.50. The Morgan fingerprint density at radius 1 is 1.17 bits per heavy atom. The van der Waals surface area contributed by atoms with E-state index >= 15 is 0 Å². The normalized spacial score (nSPS) is 13.5. The number of fused-ring (bicyclic) bond motifs is 3. The van der Waals surface area contributed by atoms with Crippen molar-refractivity contribution in [3.05, 3.63) is 33.7 Å². The van der Waals surface area contributed by atoms with E-state index in [9.17, 15) is 9.59 Å². The second-order valence-corrected chi connectivity index (χ2v) is 5.39. The molecule has 0 aliphatic heterocycles. The second kappa shape index (κ2) is 6.32. The van der Waals surface area contributed by atoms with Gasteiger partial charge in [0.25, 0.3) is 0 Å². The quantitative estimate of drug-likeness (QED) is 0.636. The van der Waals surface area contributed by atoms with Gasteiger partial charge in [0.2, 0.25) is 5.75 Å². The number of carbonyl (C=O) groups is 1. The number of carbonyl (C=O) groups excluding carboxylic acids is 1. The summed E-state index contributed by atoms with van der Waals surface area (Å²) < 4.78 is 20.8. The molecule has 0 atom stereocenters. The lowest BCUT2D eigenvalue weighted by Gasteiger charge is -2.18. The number of aryl methyl sites for hydroxylation is 1. The van der Waals surface area contributed by atoms with Gasteiger partial charge in [0.15, 0.2) is 17.9 Å². The summed E-state index contributed by atoms with van der Waals surface area (Å²) in [7, 11) is 2.77. The molecule has 2 aromatic rings. The predicted molar refractivity (Wildman–Crippen MR) is 83.2 cm³/mol. The molecule has 0 bridgehead atoms. The minimum Gasteiger partial charge on any atom is -0.493 e. The van der Waals surface area contributed by atoms with Gasteiger partial charge in [0.1, 0.15) is 0 Å². The molecular formula is C17H18O6. The van der Waals surface area contributed by atoms with E-state index in [4.69, 9.17) is 13.9 Å². The Morgan fingerprint density at radius 3 is 2.61 bits per heavy atom. The second-order valence-electron chi connectivity index (χ2n) is 5.39. The molecule has 0 radical (unpaired) electrons. The maximum Gasteiger partial charge on any atom is 0.343 e. The summed E-state index contributed by atoms with van der Waals surface area (Å²) in [6, 6.07) is 3.62. The summed E-state index contributed by atoms with van der Waals surface area (Å²) in [6.45, 7) is -0.285. The van der Waals surface area contributed by atoms with Gasteiger partial charge in [-0.15, -0.1) is 0 Å². The Morgan fingerprint density at radius 2 is 1.91 bits per heavy atom. The van der Waals surface area contributed by atoms with Gasteiger partial charge in [0.05, 0.1) is 14.2 Å². The minimum absolute atomic E-state index is 0.251. The highest BCUT2D eigenvalue weighted by atomic mass is 16.6. The van der Waals surface area contributed by atoms with Crippen molar-refractivity contribution in [1.82, 2.24) is 0 Å². The molecule has 0 saturated carbocycles. The molecule has 6 heteroatoms. The molecule has 0 amide bonds. The largest absolute Gasteiger partial charge is 0.493 e. The van der Waals surface area contributed by atoms with E-state index in [1.54, 1.807) is 6.07 Å². The van der Waals surface area contributed by atoms with Crippen LogP contribution in [0, 0.1) is 0 Å². The summed E-state index contributed by atoms with van der Waals surface area (Å²) in [5.74, 6) is 0.130. The zero-order valence-corrected chi connectivity index (χ0v) is 13.1. The third-order valence-electron chi connectivity index (χ3n) is 4.09. The van der Waals surface area contributed by atoms with Crippen LogP contribution in [0.4, 0.5) is 0 Å². The van der Waals surface area contributed by atoms with Crippen LogP contribution in [-0.2, 0) is 22.4 Å². The number of hydrogen-bond acceptors (Lipinski definition) is 6. The number of hydrogen-bond donors (Lipinski definition) is 0. The molecule has 1 heterocycles. The molecule has 0 fully saturated rings. The highest BCUT2D eigenvalue weighted by Gasteiger charge is 2.22. The standard InChI is InChI=1S/C17H18O6/c1-20-13-8-7-11-10-5-3-4-6-12(10)17(19)23-15(11)16(13)22-9-14(18)21-2/h7-8H,3-6,9H2,1-2H3. The highest BCUT2D eigenvalue weighted by molar-refractivity contribution is 5.89. The highest BCUT2D eigenvalue weighted by Crippen LogP contribution is 2.38. The Balaban J connectivity index is 2.18. The Kier molecular flexibility index (Phi) is 4.23. The van der Waals surface area contributed by atoms with Crippen LogP contribution in [0.25, 0.3) is 11.0 Å². The zero-order chi connectivity index (χ0) is 16.4. The van der Waals surface area contributed by atoms with Crippen molar-refractivity contribution < 1.29 is 23.4 Å². The number of ether oxygens (including phenoxy) is 3. The average Bonchev–Trinajstić information content (AvgIpc) is 2.59. The minimum atomic E-state index is -0.524. The fourth-order valence-electron chi connectivity index (χ4n) is 2.95. The van der Waals surface area contributed by atoms with Crippen molar-refractivity contribution in [2.45, 2.75) is 25.7 Å². The van der Waals surface area contributed by atoms with Gasteiger partial charge in [0, 0.05) is 10.9 Å². The zero-order valence-electron chi connectivity index (χ0n) is 13.1. The summed E-state index contributed by atoms with van der Waals surface area (Å²) in [5, 5.41) is 0.833. The van der Waals surface area contributed by atoms with E-state index in [0.29, 0.717) is 11.3 Å². The Labute approximate surface area is 132 Å². The van der Waals surface area contributed by atoms with Crippen molar-refractivity contribution in [3.63, 3.8) is 0 Å². The van der Waals surface area contributed by atoms with Gasteiger partial charge < -0.3 is 18.6 Å². The molecule has 1 aromatic carbocycles. The summed E-state index contributed by atoms with van der Waals surface area (Å²) in [4.78, 5) is 23.6. The van der Waals surface area contributed by atoms with Crippen LogP contribution in [0.3, 0.4) is 0 Å². The van der Waals surface area contributed by atoms with E-state index in [-0.39, 0.29) is 18.0 Å². The fourth-order valence-corrected chi connectivity index (χ4v) is 2.95. The maximum absolute atomic E-state index is 12.3. The number of rotatable bonds is 4. The summed E-state index contributed by atoms with van der Waals surface area (Å²) in [5.41, 5.74) is 1.73. The van der Waals surface area contributed by atoms with Crippen molar-refractivity contribution in [3.8, 4) is 11.5 Å². The lowest BCUT2D eigenvalue weighted by Crippen LogP contribution is -2.17. The summed E-state index contributed by atoms with van der Waals surface area (Å²) in [6.07, 6.45) is 3.60. The first kappa shape index (κ1) is 15.4. The molecular weight excluding hydrogens is 300 g/mol. The van der Waals surface area contributed by atoms with Gasteiger partial charge >= 0.3 is 11.6 Å². The van der Waals surface area contributed by atoms with Gasteiger partial charge in [-0.2, -0.15) is 0 Å². The molecule has 122 valence electrons. The van der Waals surface area contributed by atoms with E-state index in [1.807, 2.05) is 6.07 Å².